The molecule has 0 saturated carbocycles. The van der Waals surface area contributed by atoms with Crippen LogP contribution in [0.4, 0.5) is 5.82 Å². The summed E-state index contributed by atoms with van der Waals surface area (Å²) < 4.78 is 0. The Balaban J connectivity index is 2.10. The SMILES string of the molecule is Cc1cc(CCN)cnc1N1CCC(C)CC1. The molecule has 0 atom stereocenters. The molecule has 0 radical (unpaired) electrons. The molecule has 0 unspecified atom stereocenters. The molecule has 0 bridgehead atoms. The number of piperidine rings is 1. The van der Waals surface area contributed by atoms with Crippen LogP contribution in [0.2, 0.25) is 0 Å². The Morgan fingerprint density at radius 2 is 2.12 bits per heavy atom. The molecule has 0 amide bonds. The van der Waals surface area contributed by atoms with E-state index in [-0.39, 0.29) is 0 Å². The number of rotatable bonds is 3. The summed E-state index contributed by atoms with van der Waals surface area (Å²) in [6.45, 7) is 7.47. The summed E-state index contributed by atoms with van der Waals surface area (Å²) in [5, 5.41) is 0. The lowest BCUT2D eigenvalue weighted by atomic mass is 9.99. The zero-order valence-electron chi connectivity index (χ0n) is 10.9. The molecule has 1 aliphatic rings. The number of aromatic nitrogens is 1. The Morgan fingerprint density at radius 1 is 1.41 bits per heavy atom. The van der Waals surface area contributed by atoms with E-state index in [1.807, 2.05) is 6.20 Å². The number of hydrogen-bond donors (Lipinski definition) is 1. The van der Waals surface area contributed by atoms with Crippen molar-refractivity contribution < 1.29 is 0 Å². The maximum atomic E-state index is 5.57. The van der Waals surface area contributed by atoms with Gasteiger partial charge in [0.15, 0.2) is 0 Å². The summed E-state index contributed by atoms with van der Waals surface area (Å²) in [5.74, 6) is 2.03. The van der Waals surface area contributed by atoms with Crippen molar-refractivity contribution in [3.05, 3.63) is 23.4 Å². The molecule has 2 heterocycles. The molecular weight excluding hydrogens is 210 g/mol. The van der Waals surface area contributed by atoms with Crippen LogP contribution in [0.3, 0.4) is 0 Å². The van der Waals surface area contributed by atoms with E-state index >= 15 is 0 Å². The Hall–Kier alpha value is -1.09. The van der Waals surface area contributed by atoms with Gasteiger partial charge in [-0.2, -0.15) is 0 Å². The van der Waals surface area contributed by atoms with E-state index in [1.54, 1.807) is 0 Å². The van der Waals surface area contributed by atoms with Gasteiger partial charge in [0.1, 0.15) is 5.82 Å². The topological polar surface area (TPSA) is 42.1 Å². The van der Waals surface area contributed by atoms with Crippen LogP contribution in [0.5, 0.6) is 0 Å². The summed E-state index contributed by atoms with van der Waals surface area (Å²) in [5.41, 5.74) is 8.10. The highest BCUT2D eigenvalue weighted by Gasteiger charge is 2.18. The quantitative estimate of drug-likeness (QED) is 0.869. The summed E-state index contributed by atoms with van der Waals surface area (Å²) in [4.78, 5) is 7.03. The normalized spacial score (nSPS) is 17.5. The van der Waals surface area contributed by atoms with Crippen molar-refractivity contribution in [3.8, 4) is 0 Å². The molecule has 2 rings (SSSR count). The first-order chi connectivity index (χ1) is 8.20. The first-order valence-corrected chi connectivity index (χ1v) is 6.61. The Labute approximate surface area is 104 Å². The van der Waals surface area contributed by atoms with Gasteiger partial charge in [0.05, 0.1) is 0 Å². The first kappa shape index (κ1) is 12.4. The van der Waals surface area contributed by atoms with E-state index in [0.29, 0.717) is 6.54 Å². The number of hydrogen-bond acceptors (Lipinski definition) is 3. The van der Waals surface area contributed by atoms with E-state index < -0.39 is 0 Å². The van der Waals surface area contributed by atoms with Crippen LogP contribution in [0.15, 0.2) is 12.3 Å². The molecule has 0 aromatic carbocycles. The van der Waals surface area contributed by atoms with Crippen LogP contribution in [0.25, 0.3) is 0 Å². The van der Waals surface area contributed by atoms with E-state index in [1.165, 1.54) is 24.0 Å². The summed E-state index contributed by atoms with van der Waals surface area (Å²) >= 11 is 0. The van der Waals surface area contributed by atoms with Crippen LogP contribution in [-0.4, -0.2) is 24.6 Å². The average Bonchev–Trinajstić information content (AvgIpc) is 2.31. The van der Waals surface area contributed by atoms with Crippen molar-refractivity contribution in [2.75, 3.05) is 24.5 Å². The third-order valence-electron chi connectivity index (χ3n) is 3.62. The molecule has 3 nitrogen and oxygen atoms in total. The fourth-order valence-corrected chi connectivity index (χ4v) is 2.48. The Morgan fingerprint density at radius 3 is 2.71 bits per heavy atom. The highest BCUT2D eigenvalue weighted by Crippen LogP contribution is 2.24. The number of aryl methyl sites for hydroxylation is 1. The zero-order valence-corrected chi connectivity index (χ0v) is 10.9. The van der Waals surface area contributed by atoms with Gasteiger partial charge in [-0.05, 0) is 49.8 Å². The second kappa shape index (κ2) is 5.50. The second-order valence-electron chi connectivity index (χ2n) is 5.19. The minimum atomic E-state index is 0.696. The van der Waals surface area contributed by atoms with Gasteiger partial charge < -0.3 is 10.6 Å². The standard InChI is InChI=1S/C14H23N3/c1-11-4-7-17(8-5-11)14-12(2)9-13(3-6-15)10-16-14/h9-11H,3-8,15H2,1-2H3. The Bertz CT molecular complexity index is 368. The van der Waals surface area contributed by atoms with E-state index in [2.05, 4.69) is 29.8 Å². The van der Waals surface area contributed by atoms with Gasteiger partial charge in [0, 0.05) is 19.3 Å². The number of anilines is 1. The van der Waals surface area contributed by atoms with E-state index in [4.69, 9.17) is 5.73 Å². The predicted molar refractivity (Wildman–Crippen MR) is 72.3 cm³/mol. The molecule has 1 aromatic heterocycles. The molecule has 1 aliphatic heterocycles. The van der Waals surface area contributed by atoms with Gasteiger partial charge in [0.25, 0.3) is 0 Å². The molecule has 1 aromatic rings. The molecule has 0 aliphatic carbocycles. The highest BCUT2D eigenvalue weighted by atomic mass is 15.2. The fraction of sp³-hybridized carbons (Fsp3) is 0.643. The van der Waals surface area contributed by atoms with Crippen LogP contribution < -0.4 is 10.6 Å². The fourth-order valence-electron chi connectivity index (χ4n) is 2.48. The predicted octanol–water partition coefficient (Wildman–Crippen LogP) is 2.13. The molecule has 0 spiro atoms. The molecule has 17 heavy (non-hydrogen) atoms. The number of nitrogens with two attached hydrogens (primary N) is 1. The molecule has 3 heteroatoms. The molecule has 1 saturated heterocycles. The lowest BCUT2D eigenvalue weighted by Crippen LogP contribution is -2.33. The summed E-state index contributed by atoms with van der Waals surface area (Å²) in [7, 11) is 0. The minimum absolute atomic E-state index is 0.696. The van der Waals surface area contributed by atoms with Crippen LogP contribution in [-0.2, 0) is 6.42 Å². The molecular formula is C14H23N3. The summed E-state index contributed by atoms with van der Waals surface area (Å²) in [6.07, 6.45) is 5.47. The van der Waals surface area contributed by atoms with Gasteiger partial charge >= 0.3 is 0 Å². The van der Waals surface area contributed by atoms with Gasteiger partial charge in [-0.25, -0.2) is 4.98 Å². The first-order valence-electron chi connectivity index (χ1n) is 6.61. The van der Waals surface area contributed by atoms with Gasteiger partial charge in [-0.15, -0.1) is 0 Å². The van der Waals surface area contributed by atoms with Crippen molar-refractivity contribution in [1.29, 1.82) is 0 Å². The lowest BCUT2D eigenvalue weighted by Gasteiger charge is -2.32. The van der Waals surface area contributed by atoms with E-state index in [9.17, 15) is 0 Å². The smallest absolute Gasteiger partial charge is 0.131 e. The lowest BCUT2D eigenvalue weighted by molar-refractivity contribution is 0.436. The van der Waals surface area contributed by atoms with Crippen molar-refractivity contribution in [2.24, 2.45) is 11.7 Å². The second-order valence-corrected chi connectivity index (χ2v) is 5.19. The third kappa shape index (κ3) is 2.97. The number of nitrogens with zero attached hydrogens (tertiary/aromatic N) is 2. The average molecular weight is 233 g/mol. The molecule has 1 fully saturated rings. The largest absolute Gasteiger partial charge is 0.356 e. The minimum Gasteiger partial charge on any atom is -0.356 e. The Kier molecular flexibility index (Phi) is 4.00. The third-order valence-corrected chi connectivity index (χ3v) is 3.62. The maximum absolute atomic E-state index is 5.57. The summed E-state index contributed by atoms with van der Waals surface area (Å²) in [6, 6.07) is 2.23. The van der Waals surface area contributed by atoms with Crippen LogP contribution in [0, 0.1) is 12.8 Å². The zero-order chi connectivity index (χ0) is 12.3. The molecule has 94 valence electrons. The van der Waals surface area contributed by atoms with Crippen LogP contribution in [0.1, 0.15) is 30.9 Å². The maximum Gasteiger partial charge on any atom is 0.131 e. The monoisotopic (exact) mass is 233 g/mol. The van der Waals surface area contributed by atoms with Gasteiger partial charge in [0.2, 0.25) is 0 Å². The van der Waals surface area contributed by atoms with Crippen LogP contribution >= 0.6 is 0 Å². The van der Waals surface area contributed by atoms with Gasteiger partial charge in [-0.3, -0.25) is 0 Å². The van der Waals surface area contributed by atoms with Crippen molar-refractivity contribution in [1.82, 2.24) is 4.98 Å². The van der Waals surface area contributed by atoms with Crippen molar-refractivity contribution in [2.45, 2.75) is 33.1 Å². The van der Waals surface area contributed by atoms with Gasteiger partial charge in [-0.1, -0.05) is 13.0 Å². The molecule has 2 N–H and O–H groups in total. The van der Waals surface area contributed by atoms with E-state index in [0.717, 1.165) is 31.2 Å². The van der Waals surface area contributed by atoms with Crippen molar-refractivity contribution in [3.63, 3.8) is 0 Å². The number of pyridine rings is 1. The van der Waals surface area contributed by atoms with Crippen molar-refractivity contribution >= 4 is 5.82 Å². The highest BCUT2D eigenvalue weighted by molar-refractivity contribution is 5.47.